The Bertz CT molecular complexity index is 619. The Morgan fingerprint density at radius 1 is 1.10 bits per heavy atom. The average Bonchev–Trinajstić information content (AvgIpc) is 2.45. The highest BCUT2D eigenvalue weighted by atomic mass is 79.9. The predicted octanol–water partition coefficient (Wildman–Crippen LogP) is 4.04. The lowest BCUT2D eigenvalue weighted by atomic mass is 9.98. The molecule has 0 amide bonds. The van der Waals surface area contributed by atoms with E-state index in [-0.39, 0.29) is 17.6 Å². The monoisotopic (exact) mass is 341 g/mol. The van der Waals surface area contributed by atoms with Crippen molar-refractivity contribution in [3.63, 3.8) is 0 Å². The largest absolute Gasteiger partial charge is 0.494 e. The summed E-state index contributed by atoms with van der Waals surface area (Å²) in [6, 6.07) is 8.83. The molecular formula is C15H14BrF2NO. The van der Waals surface area contributed by atoms with Gasteiger partial charge in [0.1, 0.15) is 5.82 Å². The number of rotatable bonds is 4. The number of nitrogens with one attached hydrogen (secondary N) is 1. The van der Waals surface area contributed by atoms with Crippen molar-refractivity contribution in [2.24, 2.45) is 0 Å². The first-order valence-corrected chi connectivity index (χ1v) is 6.81. The Kier molecular flexibility index (Phi) is 4.73. The first-order valence-electron chi connectivity index (χ1n) is 6.02. The molecule has 0 aliphatic carbocycles. The number of hydrogen-bond acceptors (Lipinski definition) is 2. The molecular weight excluding hydrogens is 328 g/mol. The maximum atomic E-state index is 14.0. The van der Waals surface area contributed by atoms with Crippen LogP contribution in [0.5, 0.6) is 5.75 Å². The fourth-order valence-electron chi connectivity index (χ4n) is 2.09. The fourth-order valence-corrected chi connectivity index (χ4v) is 2.47. The Hall–Kier alpha value is -1.46. The minimum atomic E-state index is -0.444. The second kappa shape index (κ2) is 6.33. The summed E-state index contributed by atoms with van der Waals surface area (Å²) in [5.41, 5.74) is 1.21. The number of methoxy groups -OCH3 is 1. The fraction of sp³-hybridized carbons (Fsp3) is 0.200. The van der Waals surface area contributed by atoms with Crippen molar-refractivity contribution in [2.75, 3.05) is 14.2 Å². The lowest BCUT2D eigenvalue weighted by Gasteiger charge is -2.19. The average molecular weight is 342 g/mol. The van der Waals surface area contributed by atoms with Crippen LogP contribution in [0, 0.1) is 11.6 Å². The van der Waals surface area contributed by atoms with Gasteiger partial charge >= 0.3 is 0 Å². The molecule has 0 heterocycles. The van der Waals surface area contributed by atoms with E-state index >= 15 is 0 Å². The van der Waals surface area contributed by atoms with Crippen molar-refractivity contribution < 1.29 is 13.5 Å². The van der Waals surface area contributed by atoms with Crippen molar-refractivity contribution in [3.8, 4) is 5.75 Å². The standard InChI is InChI=1S/C15H14BrF2NO/c1-19-15(11-8-10(16)4-6-12(11)17)9-3-5-13(18)14(7-9)20-2/h3-8,15,19H,1-2H3. The third-order valence-corrected chi connectivity index (χ3v) is 3.56. The van der Waals surface area contributed by atoms with Gasteiger partial charge in [-0.25, -0.2) is 8.78 Å². The van der Waals surface area contributed by atoms with E-state index in [1.165, 1.54) is 19.2 Å². The zero-order valence-electron chi connectivity index (χ0n) is 11.1. The zero-order chi connectivity index (χ0) is 14.7. The SMILES string of the molecule is CNC(c1ccc(F)c(OC)c1)c1cc(Br)ccc1F. The van der Waals surface area contributed by atoms with Gasteiger partial charge in [0.15, 0.2) is 11.6 Å². The molecule has 1 N–H and O–H groups in total. The molecule has 0 saturated heterocycles. The molecule has 2 nitrogen and oxygen atoms in total. The van der Waals surface area contributed by atoms with E-state index in [1.807, 2.05) is 0 Å². The smallest absolute Gasteiger partial charge is 0.165 e. The van der Waals surface area contributed by atoms with E-state index in [0.29, 0.717) is 5.56 Å². The molecule has 2 aromatic carbocycles. The number of hydrogen-bond donors (Lipinski definition) is 1. The van der Waals surface area contributed by atoms with Gasteiger partial charge in [0.25, 0.3) is 0 Å². The minimum Gasteiger partial charge on any atom is -0.494 e. The van der Waals surface area contributed by atoms with Gasteiger partial charge in [-0.15, -0.1) is 0 Å². The summed E-state index contributed by atoms with van der Waals surface area (Å²) in [6.07, 6.45) is 0. The Balaban J connectivity index is 2.49. The molecule has 5 heteroatoms. The van der Waals surface area contributed by atoms with Crippen LogP contribution in [0.4, 0.5) is 8.78 Å². The molecule has 0 saturated carbocycles. The molecule has 0 aliphatic rings. The van der Waals surface area contributed by atoms with Crippen LogP contribution in [0.15, 0.2) is 40.9 Å². The summed E-state index contributed by atoms with van der Waals surface area (Å²) in [5.74, 6) is -0.630. The van der Waals surface area contributed by atoms with E-state index in [0.717, 1.165) is 10.0 Å². The van der Waals surface area contributed by atoms with Crippen molar-refractivity contribution in [1.82, 2.24) is 5.32 Å². The Morgan fingerprint density at radius 3 is 2.45 bits per heavy atom. The molecule has 20 heavy (non-hydrogen) atoms. The summed E-state index contributed by atoms with van der Waals surface area (Å²) >= 11 is 3.33. The third-order valence-electron chi connectivity index (χ3n) is 3.07. The summed E-state index contributed by atoms with van der Waals surface area (Å²) in [6.45, 7) is 0. The second-order valence-corrected chi connectivity index (χ2v) is 5.20. The maximum absolute atomic E-state index is 14.0. The van der Waals surface area contributed by atoms with Crippen LogP contribution < -0.4 is 10.1 Å². The molecule has 2 aromatic rings. The van der Waals surface area contributed by atoms with Gasteiger partial charge in [0.05, 0.1) is 13.2 Å². The highest BCUT2D eigenvalue weighted by Gasteiger charge is 2.18. The van der Waals surface area contributed by atoms with E-state index in [4.69, 9.17) is 4.74 Å². The second-order valence-electron chi connectivity index (χ2n) is 4.28. The van der Waals surface area contributed by atoms with E-state index in [2.05, 4.69) is 21.2 Å². The molecule has 0 aliphatic heterocycles. The van der Waals surface area contributed by atoms with Crippen molar-refractivity contribution in [3.05, 3.63) is 63.6 Å². The van der Waals surface area contributed by atoms with Crippen LogP contribution in [-0.4, -0.2) is 14.2 Å². The van der Waals surface area contributed by atoms with Crippen LogP contribution in [0.2, 0.25) is 0 Å². The quantitative estimate of drug-likeness (QED) is 0.905. The van der Waals surface area contributed by atoms with Crippen LogP contribution >= 0.6 is 15.9 Å². The normalized spacial score (nSPS) is 12.2. The van der Waals surface area contributed by atoms with Gasteiger partial charge < -0.3 is 10.1 Å². The van der Waals surface area contributed by atoms with Crippen LogP contribution in [-0.2, 0) is 0 Å². The molecule has 0 aromatic heterocycles. The van der Waals surface area contributed by atoms with Gasteiger partial charge in [0, 0.05) is 10.0 Å². The minimum absolute atomic E-state index is 0.137. The Morgan fingerprint density at radius 2 is 1.80 bits per heavy atom. The lowest BCUT2D eigenvalue weighted by molar-refractivity contribution is 0.385. The summed E-state index contributed by atoms with van der Waals surface area (Å²) in [4.78, 5) is 0. The van der Waals surface area contributed by atoms with Crippen LogP contribution in [0.1, 0.15) is 17.2 Å². The highest BCUT2D eigenvalue weighted by Crippen LogP contribution is 2.29. The lowest BCUT2D eigenvalue weighted by Crippen LogP contribution is -2.19. The first kappa shape index (κ1) is 14.9. The van der Waals surface area contributed by atoms with Crippen molar-refractivity contribution >= 4 is 15.9 Å². The number of halogens is 3. The molecule has 106 valence electrons. The summed E-state index contributed by atoms with van der Waals surface area (Å²) < 4.78 is 33.2. The first-order chi connectivity index (χ1) is 9.56. The van der Waals surface area contributed by atoms with Crippen LogP contribution in [0.25, 0.3) is 0 Å². The zero-order valence-corrected chi connectivity index (χ0v) is 12.7. The van der Waals surface area contributed by atoms with E-state index < -0.39 is 5.82 Å². The molecule has 1 atom stereocenters. The number of ether oxygens (including phenoxy) is 1. The summed E-state index contributed by atoms with van der Waals surface area (Å²) in [5, 5.41) is 3.03. The van der Waals surface area contributed by atoms with Crippen molar-refractivity contribution in [2.45, 2.75) is 6.04 Å². The van der Waals surface area contributed by atoms with E-state index in [1.54, 1.807) is 31.3 Å². The third kappa shape index (κ3) is 2.99. The summed E-state index contributed by atoms with van der Waals surface area (Å²) in [7, 11) is 3.12. The maximum Gasteiger partial charge on any atom is 0.165 e. The number of benzene rings is 2. The molecule has 0 radical (unpaired) electrons. The predicted molar refractivity (Wildman–Crippen MR) is 78.0 cm³/mol. The topological polar surface area (TPSA) is 21.3 Å². The van der Waals surface area contributed by atoms with Crippen molar-refractivity contribution in [1.29, 1.82) is 0 Å². The van der Waals surface area contributed by atoms with Crippen LogP contribution in [0.3, 0.4) is 0 Å². The van der Waals surface area contributed by atoms with Gasteiger partial charge in [-0.05, 0) is 42.9 Å². The molecule has 1 unspecified atom stereocenters. The molecule has 2 rings (SSSR count). The van der Waals surface area contributed by atoms with Gasteiger partial charge in [0.2, 0.25) is 0 Å². The van der Waals surface area contributed by atoms with Gasteiger partial charge in [-0.3, -0.25) is 0 Å². The Labute approximate surface area is 124 Å². The molecule has 0 bridgehead atoms. The highest BCUT2D eigenvalue weighted by molar-refractivity contribution is 9.10. The molecule has 0 spiro atoms. The molecule has 0 fully saturated rings. The van der Waals surface area contributed by atoms with Gasteiger partial charge in [-0.1, -0.05) is 22.0 Å². The van der Waals surface area contributed by atoms with Gasteiger partial charge in [-0.2, -0.15) is 0 Å². The van der Waals surface area contributed by atoms with E-state index in [9.17, 15) is 8.78 Å².